The zero-order chi connectivity index (χ0) is 23.9. The number of ether oxygens (including phenoxy) is 1. The summed E-state index contributed by atoms with van der Waals surface area (Å²) in [7, 11) is 0. The molecule has 1 N–H and O–H groups in total. The van der Waals surface area contributed by atoms with E-state index in [0.717, 1.165) is 37.5 Å². The Morgan fingerprint density at radius 2 is 1.91 bits per heavy atom. The average Bonchev–Trinajstić information content (AvgIpc) is 3.27. The minimum Gasteiger partial charge on any atom is -0.466 e. The molecule has 2 aromatic rings. The maximum Gasteiger partial charge on any atom is 0.321 e. The van der Waals surface area contributed by atoms with Crippen LogP contribution in [0.2, 0.25) is 0 Å². The standard InChI is InChI=1S/C28H37N3O3/c1-3-34-27(32)11-15-29-28(33)31-18-14-24-20-23(9-10-26(24)31)8-7-22-12-16-30(17-13-22)25-6-4-5-21(2)19-25/h4-6,9-10,19-20,22H,3,7-8,11-18H2,1-2H3,(H,29,33). The molecule has 0 bridgehead atoms. The molecule has 6 nitrogen and oxygen atoms in total. The first-order valence-electron chi connectivity index (χ1n) is 12.7. The monoisotopic (exact) mass is 463 g/mol. The van der Waals surface area contributed by atoms with Gasteiger partial charge in [-0.2, -0.15) is 0 Å². The number of fused-ring (bicyclic) bond motifs is 1. The summed E-state index contributed by atoms with van der Waals surface area (Å²) in [5, 5.41) is 2.84. The normalized spacial score (nSPS) is 15.8. The third kappa shape index (κ3) is 6.10. The molecule has 6 heteroatoms. The lowest BCUT2D eigenvalue weighted by Gasteiger charge is -2.34. The second-order valence-electron chi connectivity index (χ2n) is 9.46. The molecule has 1 saturated heterocycles. The first-order valence-corrected chi connectivity index (χ1v) is 12.7. The quantitative estimate of drug-likeness (QED) is 0.568. The Hall–Kier alpha value is -3.02. The Morgan fingerprint density at radius 1 is 1.09 bits per heavy atom. The lowest BCUT2D eigenvalue weighted by Crippen LogP contribution is -2.39. The fourth-order valence-electron chi connectivity index (χ4n) is 5.10. The lowest BCUT2D eigenvalue weighted by atomic mass is 9.90. The van der Waals surface area contributed by atoms with Gasteiger partial charge in [0, 0.05) is 37.6 Å². The average molecular weight is 464 g/mol. The number of hydrogen-bond donors (Lipinski definition) is 1. The summed E-state index contributed by atoms with van der Waals surface area (Å²) in [5.74, 6) is 0.492. The van der Waals surface area contributed by atoms with Crippen LogP contribution in [0.15, 0.2) is 42.5 Å². The van der Waals surface area contributed by atoms with Crippen molar-refractivity contribution in [3.63, 3.8) is 0 Å². The van der Waals surface area contributed by atoms with E-state index in [2.05, 4.69) is 59.6 Å². The molecule has 0 aliphatic carbocycles. The van der Waals surface area contributed by atoms with Crippen LogP contribution in [0.25, 0.3) is 0 Å². The number of nitrogens with zero attached hydrogens (tertiary/aromatic N) is 2. The largest absolute Gasteiger partial charge is 0.466 e. The van der Waals surface area contributed by atoms with Crippen molar-refractivity contribution >= 4 is 23.4 Å². The number of carbonyl (C=O) groups is 2. The molecular weight excluding hydrogens is 426 g/mol. The molecule has 2 aliphatic heterocycles. The first kappa shape index (κ1) is 24.1. The van der Waals surface area contributed by atoms with Crippen LogP contribution in [0.5, 0.6) is 0 Å². The van der Waals surface area contributed by atoms with E-state index in [9.17, 15) is 9.59 Å². The highest BCUT2D eigenvalue weighted by atomic mass is 16.5. The number of esters is 1. The van der Waals surface area contributed by atoms with E-state index in [1.54, 1.807) is 11.8 Å². The minimum atomic E-state index is -0.282. The molecule has 2 aromatic carbocycles. The van der Waals surface area contributed by atoms with Crippen molar-refractivity contribution in [2.45, 2.75) is 52.4 Å². The van der Waals surface area contributed by atoms with Crippen LogP contribution in [0.3, 0.4) is 0 Å². The van der Waals surface area contributed by atoms with Gasteiger partial charge in [0.15, 0.2) is 0 Å². The van der Waals surface area contributed by atoms with E-state index in [0.29, 0.717) is 19.7 Å². The van der Waals surface area contributed by atoms with Crippen LogP contribution >= 0.6 is 0 Å². The SMILES string of the molecule is CCOC(=O)CCNC(=O)N1CCc2cc(CCC3CCN(c4cccc(C)c4)CC3)ccc21. The van der Waals surface area contributed by atoms with Crippen LogP contribution in [0.1, 0.15) is 49.3 Å². The number of amides is 2. The lowest BCUT2D eigenvalue weighted by molar-refractivity contribution is -0.142. The van der Waals surface area contributed by atoms with Crippen LogP contribution in [-0.4, -0.2) is 44.8 Å². The number of piperidine rings is 1. The van der Waals surface area contributed by atoms with E-state index in [1.165, 1.54) is 41.6 Å². The number of nitrogens with one attached hydrogen (secondary N) is 1. The highest BCUT2D eigenvalue weighted by Gasteiger charge is 2.25. The van der Waals surface area contributed by atoms with E-state index in [4.69, 9.17) is 4.74 Å². The zero-order valence-corrected chi connectivity index (χ0v) is 20.5. The number of carbonyl (C=O) groups excluding carboxylic acids is 2. The highest BCUT2D eigenvalue weighted by molar-refractivity contribution is 5.94. The maximum atomic E-state index is 12.6. The number of urea groups is 1. The highest BCUT2D eigenvalue weighted by Crippen LogP contribution is 2.31. The minimum absolute atomic E-state index is 0.142. The second-order valence-corrected chi connectivity index (χ2v) is 9.46. The van der Waals surface area contributed by atoms with Gasteiger partial charge in [0.2, 0.25) is 0 Å². The zero-order valence-electron chi connectivity index (χ0n) is 20.5. The van der Waals surface area contributed by atoms with Gasteiger partial charge in [0.1, 0.15) is 0 Å². The van der Waals surface area contributed by atoms with Crippen molar-refractivity contribution in [2.24, 2.45) is 5.92 Å². The Labute approximate surface area is 203 Å². The summed E-state index contributed by atoms with van der Waals surface area (Å²) in [6.45, 7) is 7.55. The summed E-state index contributed by atoms with van der Waals surface area (Å²) >= 11 is 0. The number of hydrogen-bond acceptors (Lipinski definition) is 4. The first-order chi connectivity index (χ1) is 16.5. The molecule has 34 heavy (non-hydrogen) atoms. The van der Waals surface area contributed by atoms with Crippen molar-refractivity contribution in [2.75, 3.05) is 42.6 Å². The van der Waals surface area contributed by atoms with Gasteiger partial charge in [0.25, 0.3) is 0 Å². The number of benzene rings is 2. The Bertz CT molecular complexity index is 998. The molecule has 0 saturated carbocycles. The Balaban J connectivity index is 1.23. The Morgan fingerprint density at radius 3 is 2.68 bits per heavy atom. The topological polar surface area (TPSA) is 61.9 Å². The van der Waals surface area contributed by atoms with E-state index in [-0.39, 0.29) is 18.4 Å². The predicted molar refractivity (Wildman–Crippen MR) is 137 cm³/mol. The van der Waals surface area contributed by atoms with Crippen LogP contribution < -0.4 is 15.1 Å². The summed E-state index contributed by atoms with van der Waals surface area (Å²) in [6, 6.07) is 15.2. The van der Waals surface area contributed by atoms with Crippen LogP contribution in [-0.2, 0) is 22.4 Å². The molecule has 2 amide bonds. The molecule has 1 fully saturated rings. The number of rotatable bonds is 8. The van der Waals surface area contributed by atoms with Gasteiger partial charge in [-0.3, -0.25) is 9.69 Å². The van der Waals surface area contributed by atoms with Gasteiger partial charge in [0.05, 0.1) is 13.0 Å². The molecule has 2 heterocycles. The van der Waals surface area contributed by atoms with Gasteiger partial charge in [-0.05, 0) is 86.8 Å². The van der Waals surface area contributed by atoms with Crippen molar-refractivity contribution in [3.05, 3.63) is 59.2 Å². The van der Waals surface area contributed by atoms with Gasteiger partial charge < -0.3 is 15.0 Å². The van der Waals surface area contributed by atoms with Crippen molar-refractivity contribution in [1.82, 2.24) is 5.32 Å². The molecule has 4 rings (SSSR count). The van der Waals surface area contributed by atoms with Crippen LogP contribution in [0.4, 0.5) is 16.2 Å². The number of aryl methyl sites for hydroxylation is 2. The predicted octanol–water partition coefficient (Wildman–Crippen LogP) is 4.87. The molecule has 2 aliphatic rings. The molecule has 0 atom stereocenters. The molecular formula is C28H37N3O3. The summed E-state index contributed by atoms with van der Waals surface area (Å²) < 4.78 is 4.91. The van der Waals surface area contributed by atoms with Gasteiger partial charge in [-0.1, -0.05) is 24.3 Å². The van der Waals surface area contributed by atoms with Crippen molar-refractivity contribution < 1.29 is 14.3 Å². The summed E-state index contributed by atoms with van der Waals surface area (Å²) in [5.41, 5.74) is 6.27. The van der Waals surface area contributed by atoms with Gasteiger partial charge >= 0.3 is 12.0 Å². The van der Waals surface area contributed by atoms with Crippen LogP contribution in [0, 0.1) is 12.8 Å². The smallest absolute Gasteiger partial charge is 0.321 e. The Kier molecular flexibility index (Phi) is 8.09. The van der Waals surface area contributed by atoms with E-state index >= 15 is 0 Å². The maximum absolute atomic E-state index is 12.6. The number of anilines is 2. The fraction of sp³-hybridized carbons (Fsp3) is 0.500. The molecule has 0 aromatic heterocycles. The van der Waals surface area contributed by atoms with Crippen molar-refractivity contribution in [3.8, 4) is 0 Å². The second kappa shape index (κ2) is 11.4. The van der Waals surface area contributed by atoms with Gasteiger partial charge in [-0.15, -0.1) is 0 Å². The third-order valence-electron chi connectivity index (χ3n) is 7.02. The summed E-state index contributed by atoms with van der Waals surface area (Å²) in [4.78, 5) is 28.3. The molecule has 182 valence electrons. The fourth-order valence-corrected chi connectivity index (χ4v) is 5.10. The molecule has 0 spiro atoms. The third-order valence-corrected chi connectivity index (χ3v) is 7.02. The van der Waals surface area contributed by atoms with E-state index in [1.807, 2.05) is 0 Å². The van der Waals surface area contributed by atoms with E-state index < -0.39 is 0 Å². The van der Waals surface area contributed by atoms with Gasteiger partial charge in [-0.25, -0.2) is 4.79 Å². The molecule has 0 unspecified atom stereocenters. The van der Waals surface area contributed by atoms with Crippen molar-refractivity contribution in [1.29, 1.82) is 0 Å². The summed E-state index contributed by atoms with van der Waals surface area (Å²) in [6.07, 6.45) is 5.89. The molecule has 0 radical (unpaired) electrons.